The molecule has 2 unspecified atom stereocenters. The van der Waals surface area contributed by atoms with Crippen molar-refractivity contribution in [2.24, 2.45) is 17.8 Å². The summed E-state index contributed by atoms with van der Waals surface area (Å²) in [6.45, 7) is 4.34. The van der Waals surface area contributed by atoms with E-state index in [-0.39, 0.29) is 11.3 Å². The zero-order valence-corrected chi connectivity index (χ0v) is 16.6. The lowest BCUT2D eigenvalue weighted by atomic mass is 10.1. The van der Waals surface area contributed by atoms with Crippen LogP contribution in [0.4, 0.5) is 14.7 Å². The number of pyridine rings is 1. The molecule has 2 aromatic heterocycles. The molecule has 7 heteroatoms. The molecule has 5 nitrogen and oxygen atoms in total. The summed E-state index contributed by atoms with van der Waals surface area (Å²) >= 11 is 0. The Labute approximate surface area is 173 Å². The van der Waals surface area contributed by atoms with Crippen LogP contribution in [0.1, 0.15) is 12.5 Å². The SMILES string of the molecule is CCc1cnc(N2CC3C(COc4cc(F)c(-c5ccncc5)c(F)c4)C3C2)nc1. The predicted octanol–water partition coefficient (Wildman–Crippen LogP) is 4.14. The van der Waals surface area contributed by atoms with Crippen LogP contribution in [0, 0.1) is 29.4 Å². The molecule has 5 rings (SSSR count). The topological polar surface area (TPSA) is 51.1 Å². The second-order valence-electron chi connectivity index (χ2n) is 7.95. The number of aryl methyl sites for hydroxylation is 1. The molecule has 1 aliphatic heterocycles. The summed E-state index contributed by atoms with van der Waals surface area (Å²) in [6.07, 6.45) is 7.71. The lowest BCUT2D eigenvalue weighted by Gasteiger charge is -2.20. The molecule has 3 aromatic rings. The lowest BCUT2D eigenvalue weighted by Crippen LogP contribution is -2.27. The lowest BCUT2D eigenvalue weighted by molar-refractivity contribution is 0.280. The number of fused-ring (bicyclic) bond motifs is 1. The molecule has 2 fully saturated rings. The second kappa shape index (κ2) is 7.63. The number of ether oxygens (including phenoxy) is 1. The van der Waals surface area contributed by atoms with Gasteiger partial charge in [0.25, 0.3) is 0 Å². The fraction of sp³-hybridized carbons (Fsp3) is 0.348. The van der Waals surface area contributed by atoms with Crippen LogP contribution in [0.5, 0.6) is 5.75 Å². The van der Waals surface area contributed by atoms with Crippen LogP contribution in [-0.2, 0) is 6.42 Å². The molecular formula is C23H22F2N4O. The molecule has 1 saturated carbocycles. The van der Waals surface area contributed by atoms with E-state index in [1.807, 2.05) is 12.4 Å². The van der Waals surface area contributed by atoms with E-state index >= 15 is 0 Å². The highest BCUT2D eigenvalue weighted by molar-refractivity contribution is 5.65. The van der Waals surface area contributed by atoms with E-state index in [2.05, 4.69) is 26.8 Å². The van der Waals surface area contributed by atoms with Crippen molar-refractivity contribution in [3.63, 3.8) is 0 Å². The highest BCUT2D eigenvalue weighted by Gasteiger charge is 2.56. The zero-order valence-electron chi connectivity index (χ0n) is 16.6. The quantitative estimate of drug-likeness (QED) is 0.614. The Morgan fingerprint density at radius 3 is 2.27 bits per heavy atom. The van der Waals surface area contributed by atoms with Gasteiger partial charge in [-0.25, -0.2) is 18.7 Å². The van der Waals surface area contributed by atoms with E-state index in [9.17, 15) is 8.78 Å². The van der Waals surface area contributed by atoms with Gasteiger partial charge in [-0.3, -0.25) is 4.98 Å². The Bertz CT molecular complexity index is 1010. The third-order valence-electron chi connectivity index (χ3n) is 6.18. The van der Waals surface area contributed by atoms with Crippen LogP contribution < -0.4 is 9.64 Å². The summed E-state index contributed by atoms with van der Waals surface area (Å²) in [6, 6.07) is 5.68. The molecule has 1 aromatic carbocycles. The number of hydrogen-bond donors (Lipinski definition) is 0. The van der Waals surface area contributed by atoms with Crippen molar-refractivity contribution in [1.82, 2.24) is 15.0 Å². The third kappa shape index (κ3) is 3.49. The third-order valence-corrected chi connectivity index (χ3v) is 6.18. The van der Waals surface area contributed by atoms with Crippen LogP contribution in [0.3, 0.4) is 0 Å². The second-order valence-corrected chi connectivity index (χ2v) is 7.95. The van der Waals surface area contributed by atoms with Crippen LogP contribution in [0.2, 0.25) is 0 Å². The first-order chi connectivity index (χ1) is 14.6. The number of rotatable bonds is 6. The van der Waals surface area contributed by atoms with Gasteiger partial charge in [-0.15, -0.1) is 0 Å². The van der Waals surface area contributed by atoms with Crippen molar-refractivity contribution in [2.45, 2.75) is 13.3 Å². The predicted molar refractivity (Wildman–Crippen MR) is 109 cm³/mol. The van der Waals surface area contributed by atoms with Gasteiger partial charge in [0.05, 0.1) is 12.2 Å². The maximum Gasteiger partial charge on any atom is 0.225 e. The highest BCUT2D eigenvalue weighted by atomic mass is 19.1. The van der Waals surface area contributed by atoms with Crippen molar-refractivity contribution in [1.29, 1.82) is 0 Å². The molecule has 0 spiro atoms. The van der Waals surface area contributed by atoms with Crippen molar-refractivity contribution < 1.29 is 13.5 Å². The average Bonchev–Trinajstić information content (AvgIpc) is 3.21. The van der Waals surface area contributed by atoms with Crippen LogP contribution >= 0.6 is 0 Å². The highest BCUT2D eigenvalue weighted by Crippen LogP contribution is 2.52. The molecule has 2 atom stereocenters. The molecule has 2 aliphatic rings. The van der Waals surface area contributed by atoms with Gasteiger partial charge in [-0.1, -0.05) is 6.92 Å². The molecule has 0 amide bonds. The maximum atomic E-state index is 14.5. The molecule has 1 aliphatic carbocycles. The number of benzene rings is 1. The Morgan fingerprint density at radius 1 is 1.03 bits per heavy atom. The average molecular weight is 408 g/mol. The van der Waals surface area contributed by atoms with Gasteiger partial charge in [0.2, 0.25) is 5.95 Å². The minimum absolute atomic E-state index is 0.0576. The fourth-order valence-electron chi connectivity index (χ4n) is 4.37. The molecule has 30 heavy (non-hydrogen) atoms. The van der Waals surface area contributed by atoms with E-state index in [1.54, 1.807) is 12.1 Å². The van der Waals surface area contributed by atoms with E-state index < -0.39 is 11.6 Å². The fourth-order valence-corrected chi connectivity index (χ4v) is 4.37. The summed E-state index contributed by atoms with van der Waals surface area (Å²) < 4.78 is 34.7. The van der Waals surface area contributed by atoms with Crippen LogP contribution in [-0.4, -0.2) is 34.6 Å². The normalized spacial score (nSPS) is 22.1. The standard InChI is InChI=1S/C23H22F2N4O/c1-2-14-9-27-23(28-10-14)29-11-17-18(12-29)19(17)13-30-16-7-20(24)22(21(25)8-16)15-3-5-26-6-4-15/h3-10,17-19H,2,11-13H2,1H3. The van der Waals surface area contributed by atoms with E-state index in [0.717, 1.165) is 31.0 Å². The number of hydrogen-bond acceptors (Lipinski definition) is 5. The minimum atomic E-state index is -0.633. The summed E-state index contributed by atoms with van der Waals surface area (Å²) in [4.78, 5) is 15.0. The monoisotopic (exact) mass is 408 g/mol. The summed E-state index contributed by atoms with van der Waals surface area (Å²) in [5, 5.41) is 0. The zero-order chi connectivity index (χ0) is 20.7. The maximum absolute atomic E-state index is 14.5. The van der Waals surface area contributed by atoms with Crippen molar-refractivity contribution in [3.05, 3.63) is 66.3 Å². The molecule has 0 radical (unpaired) electrons. The van der Waals surface area contributed by atoms with E-state index in [0.29, 0.717) is 29.9 Å². The number of halogens is 2. The van der Waals surface area contributed by atoms with E-state index in [1.165, 1.54) is 24.5 Å². The molecule has 1 saturated heterocycles. The largest absolute Gasteiger partial charge is 0.493 e. The number of piperidine rings is 1. The van der Waals surface area contributed by atoms with Gasteiger partial charge in [0, 0.05) is 55.9 Å². The number of anilines is 1. The molecule has 154 valence electrons. The van der Waals surface area contributed by atoms with Crippen molar-refractivity contribution in [3.8, 4) is 16.9 Å². The summed E-state index contributed by atoms with van der Waals surface area (Å²) in [5.74, 6) is 1.17. The Balaban J connectivity index is 1.19. The van der Waals surface area contributed by atoms with Gasteiger partial charge in [-0.2, -0.15) is 0 Å². The van der Waals surface area contributed by atoms with Gasteiger partial charge >= 0.3 is 0 Å². The molecule has 0 N–H and O–H groups in total. The van der Waals surface area contributed by atoms with Gasteiger partial charge in [-0.05, 0) is 41.5 Å². The van der Waals surface area contributed by atoms with Crippen LogP contribution in [0.15, 0.2) is 49.1 Å². The Hall–Kier alpha value is -3.09. The molecule has 0 bridgehead atoms. The Morgan fingerprint density at radius 2 is 1.67 bits per heavy atom. The first-order valence-corrected chi connectivity index (χ1v) is 10.2. The smallest absolute Gasteiger partial charge is 0.225 e. The molecular weight excluding hydrogens is 386 g/mol. The first kappa shape index (κ1) is 18.9. The van der Waals surface area contributed by atoms with Crippen LogP contribution in [0.25, 0.3) is 11.1 Å². The molecule has 3 heterocycles. The Kier molecular flexibility index (Phi) is 4.81. The van der Waals surface area contributed by atoms with Crippen molar-refractivity contribution in [2.75, 3.05) is 24.6 Å². The minimum Gasteiger partial charge on any atom is -0.493 e. The van der Waals surface area contributed by atoms with Gasteiger partial charge < -0.3 is 9.64 Å². The first-order valence-electron chi connectivity index (χ1n) is 10.2. The van der Waals surface area contributed by atoms with Gasteiger partial charge in [0.1, 0.15) is 17.4 Å². The number of nitrogens with zero attached hydrogens (tertiary/aromatic N) is 4. The number of aromatic nitrogens is 3. The summed E-state index contributed by atoms with van der Waals surface area (Å²) in [7, 11) is 0. The summed E-state index contributed by atoms with van der Waals surface area (Å²) in [5.41, 5.74) is 1.53. The van der Waals surface area contributed by atoms with E-state index in [4.69, 9.17) is 4.74 Å². The van der Waals surface area contributed by atoms with Crippen molar-refractivity contribution >= 4 is 5.95 Å². The van der Waals surface area contributed by atoms with Gasteiger partial charge in [0.15, 0.2) is 0 Å².